The molecule has 0 radical (unpaired) electrons. The van der Waals surface area contributed by atoms with E-state index >= 15 is 0 Å². The highest BCUT2D eigenvalue weighted by atomic mass is 35.5. The second-order valence-electron chi connectivity index (χ2n) is 9.36. The van der Waals surface area contributed by atoms with E-state index in [1.54, 1.807) is 37.3 Å². The van der Waals surface area contributed by atoms with Gasteiger partial charge in [0.05, 0.1) is 22.0 Å². The number of amides is 2. The van der Waals surface area contributed by atoms with Gasteiger partial charge in [0.2, 0.25) is 21.8 Å². The van der Waals surface area contributed by atoms with Crippen molar-refractivity contribution in [2.75, 3.05) is 23.7 Å². The molecule has 0 aliphatic carbocycles. The third-order valence-electron chi connectivity index (χ3n) is 5.66. The van der Waals surface area contributed by atoms with Crippen LogP contribution in [0.2, 0.25) is 10.0 Å². The number of aryl methyl sites for hydroxylation is 1. The van der Waals surface area contributed by atoms with Gasteiger partial charge in [-0.15, -0.1) is 0 Å². The highest BCUT2D eigenvalue weighted by Crippen LogP contribution is 2.24. The molecule has 2 rings (SSSR count). The molecule has 0 aliphatic heterocycles. The van der Waals surface area contributed by atoms with Crippen LogP contribution in [0.4, 0.5) is 5.69 Å². The van der Waals surface area contributed by atoms with Gasteiger partial charge >= 0.3 is 0 Å². The van der Waals surface area contributed by atoms with Crippen LogP contribution >= 0.6 is 23.2 Å². The van der Waals surface area contributed by atoms with Crippen molar-refractivity contribution in [3.63, 3.8) is 0 Å². The smallest absolute Gasteiger partial charge is 0.242 e. The Labute approximate surface area is 224 Å². The molecule has 36 heavy (non-hydrogen) atoms. The van der Waals surface area contributed by atoms with Gasteiger partial charge in [-0.1, -0.05) is 60.8 Å². The number of nitrogens with zero attached hydrogens (tertiary/aromatic N) is 2. The Morgan fingerprint density at radius 3 is 2.19 bits per heavy atom. The van der Waals surface area contributed by atoms with Crippen molar-refractivity contribution < 1.29 is 18.0 Å². The largest absolute Gasteiger partial charge is 0.354 e. The first-order valence-electron chi connectivity index (χ1n) is 11.8. The Bertz CT molecular complexity index is 1150. The normalized spacial score (nSPS) is 12.3. The van der Waals surface area contributed by atoms with E-state index in [0.29, 0.717) is 22.3 Å². The van der Waals surface area contributed by atoms with Crippen molar-refractivity contribution >= 4 is 50.7 Å². The first-order valence-corrected chi connectivity index (χ1v) is 14.5. The lowest BCUT2D eigenvalue weighted by atomic mass is 10.1. The van der Waals surface area contributed by atoms with Crippen LogP contribution in [0.25, 0.3) is 0 Å². The van der Waals surface area contributed by atoms with E-state index < -0.39 is 16.1 Å². The lowest BCUT2D eigenvalue weighted by Gasteiger charge is -2.30. The van der Waals surface area contributed by atoms with Gasteiger partial charge in [0.25, 0.3) is 0 Å². The van der Waals surface area contributed by atoms with Crippen LogP contribution in [-0.2, 0) is 26.2 Å². The molecule has 1 N–H and O–H groups in total. The fraction of sp³-hybridized carbons (Fsp3) is 0.462. The van der Waals surface area contributed by atoms with Crippen LogP contribution in [0.3, 0.4) is 0 Å². The highest BCUT2D eigenvalue weighted by molar-refractivity contribution is 7.92. The van der Waals surface area contributed by atoms with Crippen LogP contribution in [-0.4, -0.2) is 50.5 Å². The molecule has 10 heteroatoms. The average Bonchev–Trinajstić information content (AvgIpc) is 2.80. The van der Waals surface area contributed by atoms with E-state index in [4.69, 9.17) is 23.2 Å². The summed E-state index contributed by atoms with van der Waals surface area (Å²) in [6.45, 7) is 8.39. The number of hydrogen-bond donors (Lipinski definition) is 1. The molecule has 0 saturated carbocycles. The molecule has 0 spiro atoms. The fourth-order valence-electron chi connectivity index (χ4n) is 3.58. The van der Waals surface area contributed by atoms with Crippen LogP contribution in [0.1, 0.15) is 44.7 Å². The Kier molecular flexibility index (Phi) is 11.1. The van der Waals surface area contributed by atoms with Crippen LogP contribution in [0.5, 0.6) is 0 Å². The van der Waals surface area contributed by atoms with Crippen molar-refractivity contribution in [1.29, 1.82) is 0 Å². The van der Waals surface area contributed by atoms with Gasteiger partial charge in [0.15, 0.2) is 0 Å². The predicted octanol–water partition coefficient (Wildman–Crippen LogP) is 5.04. The molecular weight excluding hydrogens is 521 g/mol. The van der Waals surface area contributed by atoms with Gasteiger partial charge in [-0.05, 0) is 56.0 Å². The zero-order valence-corrected chi connectivity index (χ0v) is 23.8. The van der Waals surface area contributed by atoms with Crippen LogP contribution in [0.15, 0.2) is 42.5 Å². The van der Waals surface area contributed by atoms with Gasteiger partial charge in [0, 0.05) is 26.1 Å². The lowest BCUT2D eigenvalue weighted by Crippen LogP contribution is -2.48. The van der Waals surface area contributed by atoms with Crippen molar-refractivity contribution in [2.24, 2.45) is 5.92 Å². The van der Waals surface area contributed by atoms with Crippen molar-refractivity contribution in [1.82, 2.24) is 10.2 Å². The molecule has 198 valence electrons. The molecule has 0 saturated heterocycles. The van der Waals surface area contributed by atoms with E-state index in [1.807, 2.05) is 32.9 Å². The van der Waals surface area contributed by atoms with E-state index in [2.05, 4.69) is 5.32 Å². The first kappa shape index (κ1) is 29.9. The van der Waals surface area contributed by atoms with Crippen molar-refractivity contribution in [2.45, 2.75) is 53.1 Å². The summed E-state index contributed by atoms with van der Waals surface area (Å²) in [6.07, 6.45) is 1.51. The second kappa shape index (κ2) is 13.3. The van der Waals surface area contributed by atoms with Gasteiger partial charge < -0.3 is 10.2 Å². The Balaban J connectivity index is 2.18. The average molecular weight is 557 g/mol. The number of sulfonamides is 1. The first-order chi connectivity index (χ1) is 16.8. The van der Waals surface area contributed by atoms with Crippen LogP contribution in [0, 0.1) is 12.8 Å². The predicted molar refractivity (Wildman–Crippen MR) is 147 cm³/mol. The van der Waals surface area contributed by atoms with Gasteiger partial charge in [-0.25, -0.2) is 8.42 Å². The number of halogens is 2. The maximum Gasteiger partial charge on any atom is 0.242 e. The summed E-state index contributed by atoms with van der Waals surface area (Å²) in [4.78, 5) is 27.6. The minimum atomic E-state index is -3.53. The fourth-order valence-corrected chi connectivity index (χ4v) is 4.87. The number of hydrogen-bond acceptors (Lipinski definition) is 4. The molecule has 0 heterocycles. The number of rotatable bonds is 12. The van der Waals surface area contributed by atoms with Gasteiger partial charge in [-0.2, -0.15) is 0 Å². The second-order valence-corrected chi connectivity index (χ2v) is 12.1. The number of carbonyl (C=O) groups is 2. The molecule has 0 fully saturated rings. The van der Waals surface area contributed by atoms with E-state index in [-0.39, 0.29) is 43.7 Å². The maximum absolute atomic E-state index is 13.3. The molecule has 2 amide bonds. The highest BCUT2D eigenvalue weighted by Gasteiger charge is 2.27. The molecule has 0 aliphatic rings. The minimum absolute atomic E-state index is 0.0704. The molecular formula is C26H35Cl2N3O4S. The summed E-state index contributed by atoms with van der Waals surface area (Å²) in [5, 5.41) is 3.64. The summed E-state index contributed by atoms with van der Waals surface area (Å²) in [5.41, 5.74) is 2.30. The zero-order valence-electron chi connectivity index (χ0n) is 21.4. The summed E-state index contributed by atoms with van der Waals surface area (Å²) in [6, 6.07) is 11.5. The topological polar surface area (TPSA) is 86.8 Å². The number of benzene rings is 2. The SMILES string of the molecule is Cc1ccc(N(CCCC(=O)N(Cc2ccc(Cl)c(Cl)c2)C(C)C(=O)NCC(C)C)S(C)(=O)=O)cc1. The summed E-state index contributed by atoms with van der Waals surface area (Å²) < 4.78 is 26.1. The molecule has 7 nitrogen and oxygen atoms in total. The standard InChI is InChI=1S/C26H35Cl2N3O4S/c1-18(2)16-29-26(33)20(4)30(17-21-10-13-23(27)24(28)15-21)25(32)7-6-14-31(36(5,34)35)22-11-8-19(3)9-12-22/h8-13,15,18,20H,6-7,14,16-17H2,1-5H3,(H,29,33). The Morgan fingerprint density at radius 1 is 1.00 bits per heavy atom. The summed E-state index contributed by atoms with van der Waals surface area (Å²) >= 11 is 12.2. The third kappa shape index (κ3) is 8.98. The molecule has 2 aromatic carbocycles. The maximum atomic E-state index is 13.3. The van der Waals surface area contributed by atoms with Gasteiger partial charge in [-0.3, -0.25) is 13.9 Å². The number of nitrogens with one attached hydrogen (secondary N) is 1. The molecule has 1 unspecified atom stereocenters. The zero-order chi connectivity index (χ0) is 27.0. The van der Waals surface area contributed by atoms with Gasteiger partial charge in [0.1, 0.15) is 6.04 Å². The van der Waals surface area contributed by atoms with E-state index in [1.165, 1.54) is 9.21 Å². The quantitative estimate of drug-likeness (QED) is 0.397. The van der Waals surface area contributed by atoms with Crippen molar-refractivity contribution in [3.05, 3.63) is 63.6 Å². The molecule has 2 aromatic rings. The Morgan fingerprint density at radius 2 is 1.64 bits per heavy atom. The lowest BCUT2D eigenvalue weighted by molar-refractivity contribution is -0.140. The van der Waals surface area contributed by atoms with E-state index in [0.717, 1.165) is 17.4 Å². The third-order valence-corrected chi connectivity index (χ3v) is 7.60. The molecule has 0 bridgehead atoms. The number of anilines is 1. The molecule has 0 aromatic heterocycles. The van der Waals surface area contributed by atoms with E-state index in [9.17, 15) is 18.0 Å². The van der Waals surface area contributed by atoms with Crippen molar-refractivity contribution in [3.8, 4) is 0 Å². The molecule has 1 atom stereocenters. The number of carbonyl (C=O) groups excluding carboxylic acids is 2. The summed E-state index contributed by atoms with van der Waals surface area (Å²) in [7, 11) is -3.53. The summed E-state index contributed by atoms with van der Waals surface area (Å²) in [5.74, 6) is -0.246. The van der Waals surface area contributed by atoms with Crippen LogP contribution < -0.4 is 9.62 Å². The monoisotopic (exact) mass is 555 g/mol. The Hall–Kier alpha value is -2.29. The minimum Gasteiger partial charge on any atom is -0.354 e.